The van der Waals surface area contributed by atoms with Crippen molar-refractivity contribution in [2.45, 2.75) is 70.4 Å². The van der Waals surface area contributed by atoms with E-state index in [4.69, 9.17) is 18.9 Å². The van der Waals surface area contributed by atoms with Crippen LogP contribution in [0.4, 0.5) is 4.39 Å². The molecule has 0 aromatic heterocycles. The van der Waals surface area contributed by atoms with Crippen molar-refractivity contribution in [3.63, 3.8) is 0 Å². The van der Waals surface area contributed by atoms with Crippen LogP contribution in [-0.4, -0.2) is 84.9 Å². The highest BCUT2D eigenvalue weighted by molar-refractivity contribution is 5.79. The maximum Gasteiger partial charge on any atom is 0.369 e. The molecule has 2 N–H and O–H groups in total. The average Bonchev–Trinajstić information content (AvgIpc) is 2.64. The molecule has 13 heteroatoms. The molecule has 1 fully saturated rings. The summed E-state index contributed by atoms with van der Waals surface area (Å²) in [7, 11) is 0.886. The van der Waals surface area contributed by atoms with Crippen LogP contribution in [0.2, 0.25) is 0 Å². The summed E-state index contributed by atoms with van der Waals surface area (Å²) in [5, 5.41) is 12.9. The molecule has 0 aliphatic carbocycles. The third kappa shape index (κ3) is 7.14. The van der Waals surface area contributed by atoms with Crippen molar-refractivity contribution >= 4 is 29.8 Å². The fraction of sp³-hybridized carbons (Fsp3) is 0.722. The van der Waals surface area contributed by atoms with Crippen LogP contribution in [-0.2, 0) is 47.7 Å². The van der Waals surface area contributed by atoms with E-state index in [0.717, 1.165) is 34.8 Å². The zero-order valence-corrected chi connectivity index (χ0v) is 17.7. The number of carbonyl (C=O) groups excluding carboxylic acids is 5. The van der Waals surface area contributed by atoms with Gasteiger partial charge in [0.2, 0.25) is 5.91 Å². The number of methoxy groups -OCH3 is 1. The summed E-state index contributed by atoms with van der Waals surface area (Å²) in [6, 6.07) is -1.24. The van der Waals surface area contributed by atoms with Crippen LogP contribution in [0.5, 0.6) is 0 Å². The van der Waals surface area contributed by atoms with Crippen molar-refractivity contribution in [3.8, 4) is 0 Å². The number of halogens is 1. The van der Waals surface area contributed by atoms with E-state index in [9.17, 15) is 33.5 Å². The first-order chi connectivity index (χ1) is 14.3. The molecule has 3 unspecified atom stereocenters. The Morgan fingerprint density at radius 3 is 2.13 bits per heavy atom. The lowest BCUT2D eigenvalue weighted by atomic mass is 9.89. The number of amides is 1. The molecule has 1 aliphatic heterocycles. The number of alkyl halides is 1. The van der Waals surface area contributed by atoms with Gasteiger partial charge in [0.25, 0.3) is 5.79 Å². The Morgan fingerprint density at radius 2 is 1.68 bits per heavy atom. The van der Waals surface area contributed by atoms with E-state index >= 15 is 0 Å². The molecule has 0 radical (unpaired) electrons. The Labute approximate surface area is 177 Å². The largest absolute Gasteiger partial charge is 0.465 e. The minimum Gasteiger partial charge on any atom is -0.465 e. The monoisotopic (exact) mass is 451 g/mol. The number of esters is 4. The van der Waals surface area contributed by atoms with Crippen molar-refractivity contribution in [1.29, 1.82) is 0 Å². The number of ether oxygens (including phenoxy) is 5. The molecule has 1 heterocycles. The van der Waals surface area contributed by atoms with E-state index in [1.165, 1.54) is 0 Å². The number of aliphatic hydroxyl groups is 1. The Hall–Kier alpha value is -2.80. The molecule has 0 aromatic carbocycles. The fourth-order valence-electron chi connectivity index (χ4n) is 3.06. The van der Waals surface area contributed by atoms with E-state index in [-0.39, 0.29) is 0 Å². The molecule has 0 aromatic rings. The molecule has 12 nitrogen and oxygen atoms in total. The quantitative estimate of drug-likeness (QED) is 0.340. The van der Waals surface area contributed by atoms with Gasteiger partial charge in [0.05, 0.1) is 13.2 Å². The second-order valence-electron chi connectivity index (χ2n) is 6.81. The third-order valence-corrected chi connectivity index (χ3v) is 4.22. The van der Waals surface area contributed by atoms with Crippen LogP contribution in [0, 0.1) is 0 Å². The summed E-state index contributed by atoms with van der Waals surface area (Å²) in [5.41, 5.74) is 0. The zero-order chi connectivity index (χ0) is 23.9. The molecule has 176 valence electrons. The van der Waals surface area contributed by atoms with Gasteiger partial charge in [-0.1, -0.05) is 0 Å². The van der Waals surface area contributed by atoms with Crippen molar-refractivity contribution in [2.24, 2.45) is 0 Å². The number of rotatable bonds is 8. The predicted molar refractivity (Wildman–Crippen MR) is 96.7 cm³/mol. The normalized spacial score (nSPS) is 27.3. The van der Waals surface area contributed by atoms with Gasteiger partial charge >= 0.3 is 23.9 Å². The Bertz CT molecular complexity index is 715. The van der Waals surface area contributed by atoms with E-state index in [1.54, 1.807) is 0 Å². The van der Waals surface area contributed by atoms with Gasteiger partial charge in [-0.05, 0) is 0 Å². The van der Waals surface area contributed by atoms with Crippen LogP contribution < -0.4 is 5.32 Å². The lowest BCUT2D eigenvalue weighted by molar-refractivity contribution is -0.304. The molecule has 0 spiro atoms. The van der Waals surface area contributed by atoms with Crippen molar-refractivity contribution in [3.05, 3.63) is 0 Å². The summed E-state index contributed by atoms with van der Waals surface area (Å²) in [5.74, 6) is -7.71. The van der Waals surface area contributed by atoms with E-state index in [2.05, 4.69) is 10.1 Å². The molecule has 1 aliphatic rings. The topological polar surface area (TPSA) is 164 Å². The van der Waals surface area contributed by atoms with Crippen molar-refractivity contribution < 1.29 is 57.2 Å². The first-order valence-corrected chi connectivity index (χ1v) is 9.19. The molecule has 6 atom stereocenters. The lowest BCUT2D eigenvalue weighted by Crippen LogP contribution is -2.67. The van der Waals surface area contributed by atoms with E-state index in [1.807, 2.05) is 0 Å². The highest BCUT2D eigenvalue weighted by Gasteiger charge is 2.58. The smallest absolute Gasteiger partial charge is 0.369 e. The van der Waals surface area contributed by atoms with Crippen molar-refractivity contribution in [2.75, 3.05) is 13.7 Å². The summed E-state index contributed by atoms with van der Waals surface area (Å²) in [6.45, 7) is 3.63. The Morgan fingerprint density at radius 1 is 1.10 bits per heavy atom. The van der Waals surface area contributed by atoms with Gasteiger partial charge in [0.15, 0.2) is 18.4 Å². The van der Waals surface area contributed by atoms with Gasteiger partial charge in [-0.2, -0.15) is 0 Å². The van der Waals surface area contributed by atoms with Gasteiger partial charge in [0.1, 0.15) is 12.7 Å². The average molecular weight is 451 g/mol. The van der Waals surface area contributed by atoms with Gasteiger partial charge in [-0.3, -0.25) is 19.2 Å². The second-order valence-corrected chi connectivity index (χ2v) is 6.81. The highest BCUT2D eigenvalue weighted by atomic mass is 19.1. The van der Waals surface area contributed by atoms with Gasteiger partial charge in [-0.15, -0.1) is 0 Å². The van der Waals surface area contributed by atoms with Crippen LogP contribution in [0.3, 0.4) is 0 Å². The van der Waals surface area contributed by atoms with E-state index < -0.39 is 79.1 Å². The van der Waals surface area contributed by atoms with Gasteiger partial charge in [-0.25, -0.2) is 9.18 Å². The highest BCUT2D eigenvalue weighted by Crippen LogP contribution is 2.34. The van der Waals surface area contributed by atoms with Crippen molar-refractivity contribution in [1.82, 2.24) is 5.32 Å². The maximum atomic E-state index is 14.6. The van der Waals surface area contributed by atoms with Crippen LogP contribution in [0.15, 0.2) is 0 Å². The standard InChI is InChI=1S/C18H26FNO11/c1-8(21)20-12-6-14(19)18(26,17(25)27-5)31-15(12)16(30-11(4)24)13(29-10(3)23)7-28-9(2)22/h12-16,26H,6-7H2,1-5H3,(H,20,21)/t12-,13?,14?,15?,16-,18+/m0/s1. The molecular formula is C18H26FNO11. The second kappa shape index (κ2) is 11.0. The summed E-state index contributed by atoms with van der Waals surface area (Å²) in [4.78, 5) is 58.1. The minimum atomic E-state index is -3.10. The van der Waals surface area contributed by atoms with Gasteiger partial charge in [0, 0.05) is 34.1 Å². The lowest BCUT2D eigenvalue weighted by Gasteiger charge is -2.45. The Kier molecular flexibility index (Phi) is 9.31. The number of carbonyl (C=O) groups is 5. The molecule has 1 amide bonds. The minimum absolute atomic E-state index is 0.602. The van der Waals surface area contributed by atoms with Crippen LogP contribution in [0.25, 0.3) is 0 Å². The maximum absolute atomic E-state index is 14.6. The van der Waals surface area contributed by atoms with E-state index in [0.29, 0.717) is 0 Å². The SMILES string of the molecule is COC(=O)[C@]1(O)OC([C@@H](OC(C)=O)C(COC(C)=O)OC(C)=O)[C@@H](NC(C)=O)CC1F. The Balaban J connectivity index is 3.45. The number of hydrogen-bond acceptors (Lipinski definition) is 11. The van der Waals surface area contributed by atoms with Gasteiger partial charge < -0.3 is 34.1 Å². The van der Waals surface area contributed by atoms with Crippen LogP contribution in [0.1, 0.15) is 34.1 Å². The molecule has 0 saturated carbocycles. The summed E-state index contributed by atoms with van der Waals surface area (Å²) < 4.78 is 39.4. The first kappa shape index (κ1) is 26.2. The molecule has 1 saturated heterocycles. The van der Waals surface area contributed by atoms with Crippen LogP contribution >= 0.6 is 0 Å². The fourth-order valence-corrected chi connectivity index (χ4v) is 3.06. The predicted octanol–water partition coefficient (Wildman–Crippen LogP) is -1.09. The summed E-state index contributed by atoms with van der Waals surface area (Å²) in [6.07, 6.45) is -7.69. The molecule has 31 heavy (non-hydrogen) atoms. The zero-order valence-electron chi connectivity index (χ0n) is 17.7. The third-order valence-electron chi connectivity index (χ3n) is 4.22. The molecule has 0 bridgehead atoms. The summed E-state index contributed by atoms with van der Waals surface area (Å²) >= 11 is 0. The first-order valence-electron chi connectivity index (χ1n) is 9.19. The molecular weight excluding hydrogens is 425 g/mol. The number of nitrogens with one attached hydrogen (secondary N) is 1. The number of hydrogen-bond donors (Lipinski definition) is 2. The molecule has 1 rings (SSSR count).